The molecule has 0 amide bonds. The SMILES string of the molecule is CC(C#N)c1cn(CC2CC2)nn1. The maximum absolute atomic E-state index is 8.66. The monoisotopic (exact) mass is 176 g/mol. The van der Waals surface area contributed by atoms with Crippen LogP contribution >= 0.6 is 0 Å². The Morgan fingerprint density at radius 1 is 1.77 bits per heavy atom. The summed E-state index contributed by atoms with van der Waals surface area (Å²) in [4.78, 5) is 0. The summed E-state index contributed by atoms with van der Waals surface area (Å²) in [5.41, 5.74) is 0.781. The summed E-state index contributed by atoms with van der Waals surface area (Å²) in [5.74, 6) is 0.653. The molecule has 0 N–H and O–H groups in total. The van der Waals surface area contributed by atoms with E-state index in [0.29, 0.717) is 0 Å². The molecule has 0 bridgehead atoms. The lowest BCUT2D eigenvalue weighted by atomic mass is 10.1. The number of aromatic nitrogens is 3. The molecule has 2 rings (SSSR count). The van der Waals surface area contributed by atoms with Gasteiger partial charge in [0, 0.05) is 12.7 Å². The Labute approximate surface area is 77.2 Å². The fourth-order valence-corrected chi connectivity index (χ4v) is 1.23. The Balaban J connectivity index is 2.04. The zero-order chi connectivity index (χ0) is 9.26. The van der Waals surface area contributed by atoms with Crippen LogP contribution in [0, 0.1) is 17.2 Å². The van der Waals surface area contributed by atoms with Crippen molar-refractivity contribution in [2.24, 2.45) is 5.92 Å². The number of nitrogens with zero attached hydrogens (tertiary/aromatic N) is 4. The van der Waals surface area contributed by atoms with Crippen LogP contribution in [0.1, 0.15) is 31.4 Å². The molecule has 1 unspecified atom stereocenters. The topological polar surface area (TPSA) is 54.5 Å². The van der Waals surface area contributed by atoms with E-state index in [1.165, 1.54) is 12.8 Å². The molecule has 1 heterocycles. The minimum atomic E-state index is -0.145. The average Bonchev–Trinajstić information content (AvgIpc) is 2.81. The molecule has 0 spiro atoms. The molecule has 1 saturated carbocycles. The van der Waals surface area contributed by atoms with Crippen molar-refractivity contribution in [3.8, 4) is 6.07 Å². The highest BCUT2D eigenvalue weighted by Crippen LogP contribution is 2.30. The van der Waals surface area contributed by atoms with Crippen molar-refractivity contribution in [2.75, 3.05) is 0 Å². The molecule has 0 aromatic carbocycles. The van der Waals surface area contributed by atoms with Gasteiger partial charge in [-0.1, -0.05) is 5.21 Å². The van der Waals surface area contributed by atoms with E-state index in [2.05, 4.69) is 16.4 Å². The van der Waals surface area contributed by atoms with E-state index in [9.17, 15) is 0 Å². The first-order valence-corrected chi connectivity index (χ1v) is 4.59. The van der Waals surface area contributed by atoms with Crippen molar-refractivity contribution in [3.63, 3.8) is 0 Å². The highest BCUT2D eigenvalue weighted by atomic mass is 15.4. The van der Waals surface area contributed by atoms with Crippen LogP contribution in [-0.4, -0.2) is 15.0 Å². The van der Waals surface area contributed by atoms with Crippen LogP contribution in [0.4, 0.5) is 0 Å². The van der Waals surface area contributed by atoms with Crippen LogP contribution in [0.3, 0.4) is 0 Å². The number of hydrogen-bond donors (Lipinski definition) is 0. The Kier molecular flexibility index (Phi) is 2.01. The summed E-state index contributed by atoms with van der Waals surface area (Å²) in [6.07, 6.45) is 4.50. The minimum Gasteiger partial charge on any atom is -0.252 e. The van der Waals surface area contributed by atoms with Crippen molar-refractivity contribution in [1.29, 1.82) is 5.26 Å². The maximum Gasteiger partial charge on any atom is 0.0995 e. The van der Waals surface area contributed by atoms with Crippen molar-refractivity contribution < 1.29 is 0 Å². The molecule has 1 atom stereocenters. The molecular formula is C9H12N4. The fourth-order valence-electron chi connectivity index (χ4n) is 1.23. The molecule has 4 heteroatoms. The third kappa shape index (κ3) is 1.86. The van der Waals surface area contributed by atoms with E-state index < -0.39 is 0 Å². The van der Waals surface area contributed by atoms with Crippen LogP contribution in [0.15, 0.2) is 6.20 Å². The van der Waals surface area contributed by atoms with Gasteiger partial charge in [-0.05, 0) is 25.7 Å². The van der Waals surface area contributed by atoms with Crippen LogP contribution in [0.25, 0.3) is 0 Å². The van der Waals surface area contributed by atoms with Gasteiger partial charge in [-0.15, -0.1) is 5.10 Å². The van der Waals surface area contributed by atoms with Crippen LogP contribution in [0.5, 0.6) is 0 Å². The summed E-state index contributed by atoms with van der Waals surface area (Å²) < 4.78 is 1.85. The summed E-state index contributed by atoms with van der Waals surface area (Å²) in [5, 5.41) is 16.6. The van der Waals surface area contributed by atoms with Gasteiger partial charge in [0.2, 0.25) is 0 Å². The Bertz CT molecular complexity index is 332. The Hall–Kier alpha value is -1.37. The second-order valence-electron chi connectivity index (χ2n) is 3.66. The summed E-state index contributed by atoms with van der Waals surface area (Å²) >= 11 is 0. The second kappa shape index (κ2) is 3.17. The van der Waals surface area contributed by atoms with E-state index in [4.69, 9.17) is 5.26 Å². The van der Waals surface area contributed by atoms with Crippen molar-refractivity contribution in [3.05, 3.63) is 11.9 Å². The molecule has 0 saturated heterocycles. The zero-order valence-corrected chi connectivity index (χ0v) is 7.64. The Morgan fingerprint density at radius 2 is 2.54 bits per heavy atom. The van der Waals surface area contributed by atoms with Crippen LogP contribution in [0.2, 0.25) is 0 Å². The van der Waals surface area contributed by atoms with Crippen LogP contribution in [-0.2, 0) is 6.54 Å². The predicted molar refractivity (Wildman–Crippen MR) is 46.8 cm³/mol. The van der Waals surface area contributed by atoms with E-state index in [-0.39, 0.29) is 5.92 Å². The van der Waals surface area contributed by atoms with Gasteiger partial charge in [0.15, 0.2) is 0 Å². The van der Waals surface area contributed by atoms with Gasteiger partial charge in [-0.3, -0.25) is 4.68 Å². The molecular weight excluding hydrogens is 164 g/mol. The standard InChI is InChI=1S/C9H12N4/c1-7(4-10)9-6-13(12-11-9)5-8-2-3-8/h6-8H,2-3,5H2,1H3. The molecule has 1 aromatic heterocycles. The predicted octanol–water partition coefficient (Wildman–Crippen LogP) is 1.32. The maximum atomic E-state index is 8.66. The van der Waals surface area contributed by atoms with Gasteiger partial charge in [-0.25, -0.2) is 0 Å². The van der Waals surface area contributed by atoms with Gasteiger partial charge in [0.25, 0.3) is 0 Å². The van der Waals surface area contributed by atoms with Gasteiger partial charge in [0.05, 0.1) is 17.7 Å². The molecule has 1 fully saturated rings. The molecule has 4 nitrogen and oxygen atoms in total. The minimum absolute atomic E-state index is 0.145. The third-order valence-corrected chi connectivity index (χ3v) is 2.34. The molecule has 0 radical (unpaired) electrons. The Morgan fingerprint density at radius 3 is 3.15 bits per heavy atom. The first-order valence-electron chi connectivity index (χ1n) is 4.59. The van der Waals surface area contributed by atoms with Crippen LogP contribution < -0.4 is 0 Å². The number of hydrogen-bond acceptors (Lipinski definition) is 3. The van der Waals surface area contributed by atoms with Gasteiger partial charge in [-0.2, -0.15) is 5.26 Å². The molecule has 13 heavy (non-hydrogen) atoms. The van der Waals surface area contributed by atoms with E-state index >= 15 is 0 Å². The van der Waals surface area contributed by atoms with Gasteiger partial charge >= 0.3 is 0 Å². The molecule has 0 aliphatic heterocycles. The number of rotatable bonds is 3. The van der Waals surface area contributed by atoms with Crippen molar-refractivity contribution in [2.45, 2.75) is 32.2 Å². The highest BCUT2D eigenvalue weighted by Gasteiger charge is 2.22. The smallest absolute Gasteiger partial charge is 0.0995 e. The lowest BCUT2D eigenvalue weighted by molar-refractivity contribution is 0.544. The largest absolute Gasteiger partial charge is 0.252 e. The molecule has 1 aromatic rings. The first kappa shape index (κ1) is 8.24. The quantitative estimate of drug-likeness (QED) is 0.697. The summed E-state index contributed by atoms with van der Waals surface area (Å²) in [6.45, 7) is 2.80. The average molecular weight is 176 g/mol. The lowest BCUT2D eigenvalue weighted by Gasteiger charge is -1.95. The summed E-state index contributed by atoms with van der Waals surface area (Å²) in [6, 6.07) is 2.15. The third-order valence-electron chi connectivity index (χ3n) is 2.34. The molecule has 1 aliphatic carbocycles. The zero-order valence-electron chi connectivity index (χ0n) is 7.64. The lowest BCUT2D eigenvalue weighted by Crippen LogP contribution is -1.99. The van der Waals surface area contributed by atoms with Crippen molar-refractivity contribution in [1.82, 2.24) is 15.0 Å². The highest BCUT2D eigenvalue weighted by molar-refractivity contribution is 5.09. The molecule has 1 aliphatic rings. The molecule has 68 valence electrons. The second-order valence-corrected chi connectivity index (χ2v) is 3.66. The normalized spacial score (nSPS) is 18.2. The fraction of sp³-hybridized carbons (Fsp3) is 0.667. The van der Waals surface area contributed by atoms with Gasteiger partial charge in [0.1, 0.15) is 0 Å². The van der Waals surface area contributed by atoms with Gasteiger partial charge < -0.3 is 0 Å². The first-order chi connectivity index (χ1) is 6.29. The van der Waals surface area contributed by atoms with E-state index in [0.717, 1.165) is 18.2 Å². The summed E-state index contributed by atoms with van der Waals surface area (Å²) in [7, 11) is 0. The van der Waals surface area contributed by atoms with E-state index in [1.807, 2.05) is 17.8 Å². The van der Waals surface area contributed by atoms with E-state index in [1.54, 1.807) is 0 Å². The number of nitriles is 1. The van der Waals surface area contributed by atoms with Crippen molar-refractivity contribution >= 4 is 0 Å².